The molecule has 0 bridgehead atoms. The first-order valence-electron chi connectivity index (χ1n) is 9.86. The van der Waals surface area contributed by atoms with E-state index in [2.05, 4.69) is 64.7 Å². The molecule has 1 aliphatic heterocycles. The van der Waals surface area contributed by atoms with E-state index in [0.29, 0.717) is 0 Å². The summed E-state index contributed by atoms with van der Waals surface area (Å²) in [5.41, 5.74) is 1.26. The molecular formula is C22H33IN4O2. The number of benzene rings is 2. The molecule has 6 nitrogen and oxygen atoms in total. The van der Waals surface area contributed by atoms with E-state index in [1.165, 1.54) is 16.3 Å². The fourth-order valence-corrected chi connectivity index (χ4v) is 3.50. The molecule has 3 rings (SSSR count). The number of fused-ring (bicyclic) bond motifs is 1. The molecule has 0 radical (unpaired) electrons. The van der Waals surface area contributed by atoms with Gasteiger partial charge in [0.2, 0.25) is 0 Å². The average Bonchev–Trinajstić information content (AvgIpc) is 2.74. The van der Waals surface area contributed by atoms with E-state index in [4.69, 9.17) is 9.47 Å². The smallest absolute Gasteiger partial charge is 0.191 e. The maximum Gasteiger partial charge on any atom is 0.191 e. The second-order valence-corrected chi connectivity index (χ2v) is 7.74. The molecule has 1 fully saturated rings. The fraction of sp³-hybridized carbons (Fsp3) is 0.500. The number of ether oxygens (including phenoxy) is 2. The second kappa shape index (κ2) is 11.0. The van der Waals surface area contributed by atoms with Gasteiger partial charge in [-0.25, -0.2) is 0 Å². The highest BCUT2D eigenvalue weighted by atomic mass is 127. The number of guanidine groups is 1. The molecule has 1 saturated heterocycles. The zero-order valence-electron chi connectivity index (χ0n) is 17.8. The van der Waals surface area contributed by atoms with Crippen LogP contribution in [0, 0.1) is 0 Å². The van der Waals surface area contributed by atoms with Crippen molar-refractivity contribution in [2.75, 3.05) is 47.0 Å². The summed E-state index contributed by atoms with van der Waals surface area (Å²) in [6, 6.07) is 12.6. The van der Waals surface area contributed by atoms with Gasteiger partial charge >= 0.3 is 0 Å². The molecule has 1 heterocycles. The van der Waals surface area contributed by atoms with Crippen LogP contribution in [0.25, 0.3) is 10.8 Å². The van der Waals surface area contributed by atoms with Crippen LogP contribution in [0.15, 0.2) is 41.4 Å². The number of hydrogen-bond acceptors (Lipinski definition) is 4. The molecular weight excluding hydrogens is 479 g/mol. The van der Waals surface area contributed by atoms with E-state index in [1.807, 2.05) is 13.1 Å². The lowest BCUT2D eigenvalue weighted by Gasteiger charge is -2.41. The van der Waals surface area contributed by atoms with Crippen LogP contribution in [-0.4, -0.2) is 63.4 Å². The molecule has 0 unspecified atom stereocenters. The minimum atomic E-state index is 0. The Hall–Kier alpha value is -1.58. The highest BCUT2D eigenvalue weighted by molar-refractivity contribution is 14.0. The van der Waals surface area contributed by atoms with Crippen molar-refractivity contribution in [3.05, 3.63) is 42.0 Å². The lowest BCUT2D eigenvalue weighted by Crippen LogP contribution is -2.56. The van der Waals surface area contributed by atoms with Crippen LogP contribution in [0.5, 0.6) is 5.75 Å². The second-order valence-electron chi connectivity index (χ2n) is 7.74. The van der Waals surface area contributed by atoms with Crippen molar-refractivity contribution < 1.29 is 9.47 Å². The Labute approximate surface area is 191 Å². The first-order valence-corrected chi connectivity index (χ1v) is 9.86. The summed E-state index contributed by atoms with van der Waals surface area (Å²) in [5, 5.41) is 9.27. The summed E-state index contributed by atoms with van der Waals surface area (Å²) in [7, 11) is 3.50. The topological polar surface area (TPSA) is 58.1 Å². The van der Waals surface area contributed by atoms with Gasteiger partial charge in [-0.15, -0.1) is 24.0 Å². The molecule has 7 heteroatoms. The number of nitrogens with zero attached hydrogens (tertiary/aromatic N) is 2. The SMILES string of the molecule is CN=C(NCc1ccc2cc(OC)ccc2c1)NCC(C)(C)N1CCOCC1.I. The molecule has 160 valence electrons. The van der Waals surface area contributed by atoms with Gasteiger partial charge in [0.25, 0.3) is 0 Å². The van der Waals surface area contributed by atoms with E-state index in [9.17, 15) is 0 Å². The molecule has 2 N–H and O–H groups in total. The van der Waals surface area contributed by atoms with Crippen molar-refractivity contribution in [2.24, 2.45) is 4.99 Å². The number of aliphatic imine (C=N–C) groups is 1. The van der Waals surface area contributed by atoms with Crippen LogP contribution in [0.4, 0.5) is 0 Å². The zero-order valence-corrected chi connectivity index (χ0v) is 20.2. The zero-order chi connectivity index (χ0) is 20.0. The van der Waals surface area contributed by atoms with Crippen LogP contribution < -0.4 is 15.4 Å². The average molecular weight is 512 g/mol. The standard InChI is InChI=1S/C22H32N4O2.HI/c1-22(2,26-9-11-28-12-10-26)16-25-21(23-3)24-15-17-5-6-19-14-20(27-4)8-7-18(19)13-17;/h5-8,13-14H,9-12,15-16H2,1-4H3,(H2,23,24,25);1H. The van der Waals surface area contributed by atoms with Crippen LogP contribution in [-0.2, 0) is 11.3 Å². The maximum atomic E-state index is 5.47. The molecule has 0 saturated carbocycles. The first-order chi connectivity index (χ1) is 13.5. The number of halogens is 1. The van der Waals surface area contributed by atoms with Crippen LogP contribution in [0.1, 0.15) is 19.4 Å². The van der Waals surface area contributed by atoms with E-state index in [1.54, 1.807) is 7.11 Å². The maximum absolute atomic E-state index is 5.47. The summed E-state index contributed by atoms with van der Waals surface area (Å²) in [6.07, 6.45) is 0. The molecule has 0 spiro atoms. The Bertz CT molecular complexity index is 820. The van der Waals surface area contributed by atoms with E-state index in [0.717, 1.165) is 51.1 Å². The van der Waals surface area contributed by atoms with Crippen molar-refractivity contribution in [3.8, 4) is 5.75 Å². The quantitative estimate of drug-likeness (QED) is 0.354. The van der Waals surface area contributed by atoms with Crippen molar-refractivity contribution in [1.82, 2.24) is 15.5 Å². The summed E-state index contributed by atoms with van der Waals surface area (Å²) in [6.45, 7) is 9.63. The predicted molar refractivity (Wildman–Crippen MR) is 131 cm³/mol. The van der Waals surface area contributed by atoms with Gasteiger partial charge in [-0.3, -0.25) is 9.89 Å². The minimum absolute atomic E-state index is 0. The van der Waals surface area contributed by atoms with E-state index in [-0.39, 0.29) is 29.5 Å². The number of nitrogens with one attached hydrogen (secondary N) is 2. The first kappa shape index (κ1) is 23.7. The normalized spacial score (nSPS) is 15.7. The molecule has 0 amide bonds. The van der Waals surface area contributed by atoms with Crippen LogP contribution in [0.2, 0.25) is 0 Å². The van der Waals surface area contributed by atoms with Gasteiger partial charge in [0.15, 0.2) is 5.96 Å². The Morgan fingerprint density at radius 1 is 1.10 bits per heavy atom. The third-order valence-electron chi connectivity index (χ3n) is 5.35. The van der Waals surface area contributed by atoms with Crippen molar-refractivity contribution >= 4 is 40.7 Å². The van der Waals surface area contributed by atoms with Gasteiger partial charge in [-0.05, 0) is 48.4 Å². The summed E-state index contributed by atoms with van der Waals surface area (Å²) in [4.78, 5) is 6.84. The molecule has 1 aliphatic rings. The van der Waals surface area contributed by atoms with Crippen molar-refractivity contribution in [1.29, 1.82) is 0 Å². The lowest BCUT2D eigenvalue weighted by molar-refractivity contribution is -0.00834. The number of methoxy groups -OCH3 is 1. The van der Waals surface area contributed by atoms with Crippen molar-refractivity contribution in [3.63, 3.8) is 0 Å². The molecule has 29 heavy (non-hydrogen) atoms. The van der Waals surface area contributed by atoms with Gasteiger partial charge in [0, 0.05) is 38.8 Å². The Morgan fingerprint density at radius 3 is 2.48 bits per heavy atom. The molecule has 2 aromatic rings. The van der Waals surface area contributed by atoms with Gasteiger partial charge in [0.1, 0.15) is 5.75 Å². The Morgan fingerprint density at radius 2 is 1.79 bits per heavy atom. The van der Waals surface area contributed by atoms with Gasteiger partial charge < -0.3 is 20.1 Å². The van der Waals surface area contributed by atoms with E-state index >= 15 is 0 Å². The number of rotatable bonds is 6. The third-order valence-corrected chi connectivity index (χ3v) is 5.35. The summed E-state index contributed by atoms with van der Waals surface area (Å²) in [5.74, 6) is 1.70. The Kier molecular flexibility index (Phi) is 8.98. The van der Waals surface area contributed by atoms with Crippen molar-refractivity contribution in [2.45, 2.75) is 25.9 Å². The lowest BCUT2D eigenvalue weighted by atomic mass is 10.0. The monoisotopic (exact) mass is 512 g/mol. The predicted octanol–water partition coefficient (Wildman–Crippen LogP) is 3.24. The largest absolute Gasteiger partial charge is 0.497 e. The minimum Gasteiger partial charge on any atom is -0.497 e. The fourth-order valence-electron chi connectivity index (χ4n) is 3.50. The summed E-state index contributed by atoms with van der Waals surface area (Å²) < 4.78 is 10.8. The third kappa shape index (κ3) is 6.45. The van der Waals surface area contributed by atoms with Gasteiger partial charge in [-0.1, -0.05) is 18.2 Å². The van der Waals surface area contributed by atoms with Crippen LogP contribution in [0.3, 0.4) is 0 Å². The van der Waals surface area contributed by atoms with Gasteiger partial charge in [-0.2, -0.15) is 0 Å². The molecule has 2 aromatic carbocycles. The summed E-state index contributed by atoms with van der Waals surface area (Å²) >= 11 is 0. The highest BCUT2D eigenvalue weighted by Gasteiger charge is 2.28. The molecule has 0 aliphatic carbocycles. The Balaban J connectivity index is 0.00000300. The molecule has 0 aromatic heterocycles. The van der Waals surface area contributed by atoms with Crippen LogP contribution >= 0.6 is 24.0 Å². The highest BCUT2D eigenvalue weighted by Crippen LogP contribution is 2.22. The molecule has 0 atom stereocenters. The van der Waals surface area contributed by atoms with Gasteiger partial charge in [0.05, 0.1) is 20.3 Å². The number of hydrogen-bond donors (Lipinski definition) is 2. The number of morpholine rings is 1. The van der Waals surface area contributed by atoms with E-state index < -0.39 is 0 Å².